The highest BCUT2D eigenvalue weighted by Gasteiger charge is 2.18. The van der Waals surface area contributed by atoms with Crippen molar-refractivity contribution >= 4 is 49.0 Å². The molecule has 0 spiro atoms. The van der Waals surface area contributed by atoms with Gasteiger partial charge in [0.25, 0.3) is 10.0 Å². The maximum atomic E-state index is 12.8. The number of benzene rings is 2. The van der Waals surface area contributed by atoms with E-state index in [9.17, 15) is 8.42 Å². The number of fused-ring (bicyclic) bond motifs is 2. The van der Waals surface area contributed by atoms with Crippen molar-refractivity contribution in [1.29, 1.82) is 0 Å². The van der Waals surface area contributed by atoms with Crippen molar-refractivity contribution in [1.82, 2.24) is 19.9 Å². The summed E-state index contributed by atoms with van der Waals surface area (Å²) in [7, 11) is -3.82. The van der Waals surface area contributed by atoms with E-state index in [0.717, 1.165) is 34.2 Å². The molecule has 3 heterocycles. The van der Waals surface area contributed by atoms with Crippen LogP contribution in [-0.2, 0) is 22.9 Å². The van der Waals surface area contributed by atoms with E-state index in [1.165, 1.54) is 42.3 Å². The summed E-state index contributed by atoms with van der Waals surface area (Å²) in [5.74, 6) is 0.721. The number of hydrogen-bond acceptors (Lipinski definition) is 8. The van der Waals surface area contributed by atoms with Gasteiger partial charge in [0.15, 0.2) is 0 Å². The molecule has 0 saturated carbocycles. The van der Waals surface area contributed by atoms with Gasteiger partial charge in [-0.15, -0.1) is 11.3 Å². The highest BCUT2D eigenvalue weighted by Crippen LogP contribution is 2.38. The fourth-order valence-corrected chi connectivity index (χ4v) is 6.48. The lowest BCUT2D eigenvalue weighted by molar-refractivity contribution is 0.601. The maximum Gasteiger partial charge on any atom is 0.264 e. The van der Waals surface area contributed by atoms with E-state index in [1.54, 1.807) is 42.8 Å². The van der Waals surface area contributed by atoms with Crippen molar-refractivity contribution in [3.05, 3.63) is 83.3 Å². The molecule has 0 fully saturated rings. The van der Waals surface area contributed by atoms with Crippen LogP contribution < -0.4 is 10.0 Å². The molecule has 0 bridgehead atoms. The zero-order chi connectivity index (χ0) is 25.4. The van der Waals surface area contributed by atoms with E-state index in [0.29, 0.717) is 17.2 Å². The first-order valence-corrected chi connectivity index (χ1v) is 14.4. The minimum Gasteiger partial charge on any atom is -0.340 e. The first-order valence-electron chi connectivity index (χ1n) is 12.0. The summed E-state index contributed by atoms with van der Waals surface area (Å²) in [6.07, 6.45) is 7.81. The molecule has 1 aliphatic rings. The summed E-state index contributed by atoms with van der Waals surface area (Å²) >= 11 is 1.59. The molecule has 2 aromatic carbocycles. The van der Waals surface area contributed by atoms with Gasteiger partial charge in [0.2, 0.25) is 5.95 Å². The van der Waals surface area contributed by atoms with Crippen LogP contribution in [0, 0.1) is 6.92 Å². The smallest absolute Gasteiger partial charge is 0.264 e. The van der Waals surface area contributed by atoms with Crippen molar-refractivity contribution in [2.75, 3.05) is 10.0 Å². The van der Waals surface area contributed by atoms with Gasteiger partial charge < -0.3 is 5.32 Å². The Morgan fingerprint density at radius 3 is 2.54 bits per heavy atom. The Kier molecular flexibility index (Phi) is 6.05. The number of aryl methyl sites for hydroxylation is 3. The predicted octanol–water partition coefficient (Wildman–Crippen LogP) is 5.88. The third-order valence-corrected chi connectivity index (χ3v) is 8.71. The number of nitrogens with zero attached hydrogens (tertiary/aromatic N) is 4. The molecule has 1 aliphatic carbocycles. The Hall–Kier alpha value is -3.89. The molecule has 10 heteroatoms. The van der Waals surface area contributed by atoms with Gasteiger partial charge in [-0.05, 0) is 79.6 Å². The fraction of sp³-hybridized carbons (Fsp3) is 0.185. The Labute approximate surface area is 218 Å². The molecular formula is C27H24N6O2S2. The molecule has 0 atom stereocenters. The minimum atomic E-state index is -3.82. The second-order valence-electron chi connectivity index (χ2n) is 9.02. The maximum absolute atomic E-state index is 12.8. The van der Waals surface area contributed by atoms with Crippen LogP contribution in [0.4, 0.5) is 17.5 Å². The largest absolute Gasteiger partial charge is 0.340 e. The van der Waals surface area contributed by atoms with Crippen molar-refractivity contribution in [2.24, 2.45) is 0 Å². The van der Waals surface area contributed by atoms with Gasteiger partial charge in [-0.25, -0.2) is 33.1 Å². The van der Waals surface area contributed by atoms with Gasteiger partial charge in [-0.2, -0.15) is 0 Å². The third kappa shape index (κ3) is 4.77. The molecule has 0 amide bonds. The number of anilines is 3. The molecule has 37 heavy (non-hydrogen) atoms. The van der Waals surface area contributed by atoms with Crippen LogP contribution in [0.15, 0.2) is 71.3 Å². The number of hydrogen-bond donors (Lipinski definition) is 2. The lowest BCUT2D eigenvalue weighted by Crippen LogP contribution is -2.15. The number of thiophene rings is 1. The van der Waals surface area contributed by atoms with Crippen LogP contribution in [0.5, 0.6) is 0 Å². The quantitative estimate of drug-likeness (QED) is 0.283. The third-order valence-electron chi connectivity index (χ3n) is 6.48. The number of rotatable bonds is 6. The lowest BCUT2D eigenvalue weighted by Gasteiger charge is -2.16. The first-order chi connectivity index (χ1) is 18.0. The fourth-order valence-electron chi connectivity index (χ4n) is 4.61. The summed E-state index contributed by atoms with van der Waals surface area (Å²) in [4.78, 5) is 18.1. The monoisotopic (exact) mass is 528 g/mol. The number of nitrogens with one attached hydrogen (secondary N) is 2. The van der Waals surface area contributed by atoms with E-state index in [-0.39, 0.29) is 10.8 Å². The van der Waals surface area contributed by atoms with E-state index in [1.807, 2.05) is 0 Å². The number of sulfonamides is 1. The molecule has 0 aliphatic heterocycles. The van der Waals surface area contributed by atoms with Gasteiger partial charge in [-0.3, -0.25) is 0 Å². The van der Waals surface area contributed by atoms with Gasteiger partial charge in [-0.1, -0.05) is 18.2 Å². The van der Waals surface area contributed by atoms with Crippen molar-refractivity contribution in [3.63, 3.8) is 0 Å². The van der Waals surface area contributed by atoms with Crippen molar-refractivity contribution in [2.45, 2.75) is 37.5 Å². The second-order valence-corrected chi connectivity index (χ2v) is 11.6. The standard InChI is InChI=1S/C27H24N6O2S2/c1-17-12-13-28-27(31-17)33-37(34,35)22-10-8-21(9-11-22)32-25-24-23(15-36-26(24)30-16-29-25)20-7-6-18-4-2-3-5-19(18)14-20/h6-16H,2-5H2,1H3,(H,28,31,33)(H,29,30,32). The Morgan fingerprint density at radius 1 is 0.919 bits per heavy atom. The summed E-state index contributed by atoms with van der Waals surface area (Å²) in [5.41, 5.74) is 6.52. The van der Waals surface area contributed by atoms with Gasteiger partial charge in [0, 0.05) is 28.5 Å². The average Bonchev–Trinajstić information content (AvgIpc) is 3.34. The summed E-state index contributed by atoms with van der Waals surface area (Å²) in [5, 5.41) is 6.44. The van der Waals surface area contributed by atoms with E-state index in [2.05, 4.69) is 53.6 Å². The predicted molar refractivity (Wildman–Crippen MR) is 147 cm³/mol. The highest BCUT2D eigenvalue weighted by molar-refractivity contribution is 7.92. The molecular weight excluding hydrogens is 504 g/mol. The molecule has 5 aromatic rings. The molecule has 2 N–H and O–H groups in total. The zero-order valence-electron chi connectivity index (χ0n) is 20.1. The normalized spacial score (nSPS) is 13.3. The topological polar surface area (TPSA) is 110 Å². The second kappa shape index (κ2) is 9.53. The Morgan fingerprint density at radius 2 is 1.73 bits per heavy atom. The molecule has 6 rings (SSSR count). The van der Waals surface area contributed by atoms with E-state index in [4.69, 9.17) is 0 Å². The summed E-state index contributed by atoms with van der Waals surface area (Å²) < 4.78 is 28.0. The summed E-state index contributed by atoms with van der Waals surface area (Å²) in [6, 6.07) is 14.9. The average molecular weight is 529 g/mol. The molecule has 3 aromatic heterocycles. The van der Waals surface area contributed by atoms with E-state index >= 15 is 0 Å². The van der Waals surface area contributed by atoms with Crippen LogP contribution in [0.1, 0.15) is 29.7 Å². The van der Waals surface area contributed by atoms with Crippen LogP contribution >= 0.6 is 11.3 Å². The molecule has 8 nitrogen and oxygen atoms in total. The number of aromatic nitrogens is 4. The zero-order valence-corrected chi connectivity index (χ0v) is 21.7. The van der Waals surface area contributed by atoms with Gasteiger partial charge >= 0.3 is 0 Å². The van der Waals surface area contributed by atoms with Crippen LogP contribution in [-0.4, -0.2) is 28.4 Å². The Bertz CT molecular complexity index is 1720. The first kappa shape index (κ1) is 23.5. The lowest BCUT2D eigenvalue weighted by atomic mass is 9.89. The molecule has 186 valence electrons. The summed E-state index contributed by atoms with van der Waals surface area (Å²) in [6.45, 7) is 1.77. The highest BCUT2D eigenvalue weighted by atomic mass is 32.2. The molecule has 0 radical (unpaired) electrons. The van der Waals surface area contributed by atoms with Crippen LogP contribution in [0.2, 0.25) is 0 Å². The van der Waals surface area contributed by atoms with Gasteiger partial charge in [0.1, 0.15) is 17.0 Å². The Balaban J connectivity index is 1.28. The SMILES string of the molecule is Cc1ccnc(NS(=O)(=O)c2ccc(Nc3ncnc4scc(-c5ccc6c(c5)CCCC6)c34)cc2)n1. The van der Waals surface area contributed by atoms with Crippen molar-refractivity contribution in [3.8, 4) is 11.1 Å². The van der Waals surface area contributed by atoms with Gasteiger partial charge in [0.05, 0.1) is 10.3 Å². The molecule has 0 unspecified atom stereocenters. The van der Waals surface area contributed by atoms with Crippen molar-refractivity contribution < 1.29 is 8.42 Å². The molecule has 0 saturated heterocycles. The van der Waals surface area contributed by atoms with Crippen LogP contribution in [0.25, 0.3) is 21.3 Å². The van der Waals surface area contributed by atoms with E-state index < -0.39 is 10.0 Å². The minimum absolute atomic E-state index is 0.0396. The van der Waals surface area contributed by atoms with Crippen LogP contribution in [0.3, 0.4) is 0 Å².